The van der Waals surface area contributed by atoms with Crippen LogP contribution in [0, 0.1) is 0 Å². The van der Waals surface area contributed by atoms with Crippen LogP contribution in [0.3, 0.4) is 0 Å². The molecule has 110 valence electrons. The number of hydrogen-bond donors (Lipinski definition) is 1. The third kappa shape index (κ3) is 6.47. The normalized spacial score (nSPS) is 11.3. The zero-order valence-corrected chi connectivity index (χ0v) is 13.6. The van der Waals surface area contributed by atoms with E-state index >= 15 is 0 Å². The van der Waals surface area contributed by atoms with Gasteiger partial charge in [-0.25, -0.2) is 0 Å². The van der Waals surface area contributed by atoms with Crippen molar-refractivity contribution in [3.63, 3.8) is 0 Å². The number of thiophene rings is 1. The van der Waals surface area contributed by atoms with Crippen LogP contribution < -0.4 is 5.73 Å². The molecule has 0 unspecified atom stereocenters. The van der Waals surface area contributed by atoms with E-state index in [1.807, 2.05) is 11.3 Å². The molecule has 0 spiro atoms. The lowest BCUT2D eigenvalue weighted by Gasteiger charge is -2.16. The minimum atomic E-state index is 0.716. The van der Waals surface area contributed by atoms with E-state index in [4.69, 9.17) is 5.73 Å². The summed E-state index contributed by atoms with van der Waals surface area (Å²) in [6, 6.07) is 2.07. The lowest BCUT2D eigenvalue weighted by molar-refractivity contribution is 0.502. The van der Waals surface area contributed by atoms with Gasteiger partial charge in [-0.05, 0) is 30.2 Å². The zero-order chi connectivity index (χ0) is 13.9. The molecule has 2 heteroatoms. The second-order valence-corrected chi connectivity index (χ2v) is 6.58. The Bertz CT molecular complexity index is 307. The smallest absolute Gasteiger partial charge is 0.0458 e. The number of nitrogens with two attached hydrogens (primary N) is 1. The molecule has 19 heavy (non-hydrogen) atoms. The molecule has 2 N–H and O–H groups in total. The first-order valence-corrected chi connectivity index (χ1v) is 9.00. The van der Waals surface area contributed by atoms with Crippen LogP contribution in [-0.2, 0) is 0 Å². The molecule has 0 saturated carbocycles. The Morgan fingerprint density at radius 1 is 0.947 bits per heavy atom. The fourth-order valence-electron chi connectivity index (χ4n) is 2.70. The number of rotatable bonds is 11. The minimum Gasteiger partial charge on any atom is -0.398 e. The first-order chi connectivity index (χ1) is 9.29. The Kier molecular flexibility index (Phi) is 8.98. The highest BCUT2D eigenvalue weighted by Crippen LogP contribution is 2.35. The third-order valence-electron chi connectivity index (χ3n) is 3.91. The molecule has 1 aromatic rings. The Hall–Kier alpha value is -0.500. The van der Waals surface area contributed by atoms with Crippen molar-refractivity contribution in [3.05, 3.63) is 16.3 Å². The zero-order valence-electron chi connectivity index (χ0n) is 12.8. The summed E-state index contributed by atoms with van der Waals surface area (Å²) in [6.45, 7) is 4.55. The van der Waals surface area contributed by atoms with Gasteiger partial charge >= 0.3 is 0 Å². The SMILES string of the molecule is CCCCCCC(CCCCCC)c1sccc1N. The van der Waals surface area contributed by atoms with Crippen LogP contribution in [-0.4, -0.2) is 0 Å². The number of unbranched alkanes of at least 4 members (excludes halogenated alkanes) is 6. The minimum absolute atomic E-state index is 0.716. The molecule has 0 bridgehead atoms. The van der Waals surface area contributed by atoms with Gasteiger partial charge in [0, 0.05) is 10.6 Å². The predicted molar refractivity (Wildman–Crippen MR) is 89.0 cm³/mol. The molecule has 0 saturated heterocycles. The highest BCUT2D eigenvalue weighted by molar-refractivity contribution is 7.10. The molecule has 0 amide bonds. The largest absolute Gasteiger partial charge is 0.398 e. The predicted octanol–water partition coefficient (Wildman–Crippen LogP) is 6.35. The van der Waals surface area contributed by atoms with Gasteiger partial charge in [-0.1, -0.05) is 65.2 Å². The summed E-state index contributed by atoms with van der Waals surface area (Å²) >= 11 is 1.86. The molecule has 0 atom stereocenters. The molecular formula is C17H31NS. The average Bonchev–Trinajstić information content (AvgIpc) is 2.83. The fraction of sp³-hybridized carbons (Fsp3) is 0.765. The Morgan fingerprint density at radius 2 is 1.53 bits per heavy atom. The molecule has 0 radical (unpaired) electrons. The highest BCUT2D eigenvalue weighted by atomic mass is 32.1. The lowest BCUT2D eigenvalue weighted by Crippen LogP contribution is -2.00. The first kappa shape index (κ1) is 16.6. The molecule has 1 nitrogen and oxygen atoms in total. The van der Waals surface area contributed by atoms with Gasteiger partial charge in [0.05, 0.1) is 0 Å². The van der Waals surface area contributed by atoms with Gasteiger partial charge in [0.15, 0.2) is 0 Å². The molecule has 0 aliphatic rings. The van der Waals surface area contributed by atoms with E-state index in [1.54, 1.807) is 0 Å². The van der Waals surface area contributed by atoms with Crippen LogP contribution in [0.4, 0.5) is 5.69 Å². The van der Waals surface area contributed by atoms with Crippen molar-refractivity contribution in [3.8, 4) is 0 Å². The van der Waals surface area contributed by atoms with Gasteiger partial charge in [0.2, 0.25) is 0 Å². The maximum atomic E-state index is 6.11. The summed E-state index contributed by atoms with van der Waals surface area (Å²) in [7, 11) is 0. The van der Waals surface area contributed by atoms with Crippen molar-refractivity contribution in [1.82, 2.24) is 0 Å². The first-order valence-electron chi connectivity index (χ1n) is 8.12. The third-order valence-corrected chi connectivity index (χ3v) is 5.01. The van der Waals surface area contributed by atoms with Crippen LogP contribution in [0.2, 0.25) is 0 Å². The topological polar surface area (TPSA) is 26.0 Å². The van der Waals surface area contributed by atoms with Crippen molar-refractivity contribution in [1.29, 1.82) is 0 Å². The van der Waals surface area contributed by atoms with E-state index in [0.717, 1.165) is 5.69 Å². The van der Waals surface area contributed by atoms with Gasteiger partial charge in [-0.15, -0.1) is 11.3 Å². The summed E-state index contributed by atoms with van der Waals surface area (Å²) in [5.74, 6) is 0.716. The molecule has 0 aromatic carbocycles. The van der Waals surface area contributed by atoms with Gasteiger partial charge < -0.3 is 5.73 Å². The molecule has 0 fully saturated rings. The summed E-state index contributed by atoms with van der Waals surface area (Å²) in [5.41, 5.74) is 7.14. The van der Waals surface area contributed by atoms with E-state index < -0.39 is 0 Å². The van der Waals surface area contributed by atoms with E-state index in [9.17, 15) is 0 Å². The average molecular weight is 282 g/mol. The van der Waals surface area contributed by atoms with Gasteiger partial charge in [0.25, 0.3) is 0 Å². The van der Waals surface area contributed by atoms with Crippen molar-refractivity contribution in [2.24, 2.45) is 0 Å². The van der Waals surface area contributed by atoms with Gasteiger partial charge in [-0.2, -0.15) is 0 Å². The molecular weight excluding hydrogens is 250 g/mol. The second-order valence-electron chi connectivity index (χ2n) is 5.64. The standard InChI is InChI=1S/C17H31NS/c1-3-5-7-9-11-15(12-10-8-6-4-2)17-16(18)13-14-19-17/h13-15H,3-12,18H2,1-2H3. The second kappa shape index (κ2) is 10.3. The summed E-state index contributed by atoms with van der Waals surface area (Å²) in [6.07, 6.45) is 13.6. The van der Waals surface area contributed by atoms with Crippen LogP contribution in [0.5, 0.6) is 0 Å². The molecule has 1 rings (SSSR count). The highest BCUT2D eigenvalue weighted by Gasteiger charge is 2.15. The maximum absolute atomic E-state index is 6.11. The van der Waals surface area contributed by atoms with Crippen molar-refractivity contribution in [2.75, 3.05) is 5.73 Å². The molecule has 0 aliphatic carbocycles. The fourth-order valence-corrected chi connectivity index (χ4v) is 3.70. The van der Waals surface area contributed by atoms with Crippen molar-refractivity contribution in [2.45, 2.75) is 84.0 Å². The van der Waals surface area contributed by atoms with Crippen LogP contribution in [0.1, 0.15) is 88.9 Å². The van der Waals surface area contributed by atoms with Crippen LogP contribution in [0.15, 0.2) is 11.4 Å². The van der Waals surface area contributed by atoms with E-state index in [-0.39, 0.29) is 0 Å². The van der Waals surface area contributed by atoms with Crippen LogP contribution >= 0.6 is 11.3 Å². The van der Waals surface area contributed by atoms with Gasteiger partial charge in [-0.3, -0.25) is 0 Å². The van der Waals surface area contributed by atoms with Crippen molar-refractivity contribution >= 4 is 17.0 Å². The van der Waals surface area contributed by atoms with Gasteiger partial charge in [0.1, 0.15) is 0 Å². The quantitative estimate of drug-likeness (QED) is 0.469. The Labute approximate surface area is 123 Å². The number of anilines is 1. The van der Waals surface area contributed by atoms with E-state index in [0.29, 0.717) is 5.92 Å². The van der Waals surface area contributed by atoms with E-state index in [2.05, 4.69) is 25.3 Å². The monoisotopic (exact) mass is 281 g/mol. The molecule has 1 aromatic heterocycles. The summed E-state index contributed by atoms with van der Waals surface area (Å²) in [4.78, 5) is 1.45. The molecule has 1 heterocycles. The maximum Gasteiger partial charge on any atom is 0.0458 e. The number of nitrogen functional groups attached to an aromatic ring is 1. The Balaban J connectivity index is 2.41. The Morgan fingerprint density at radius 3 is 1.95 bits per heavy atom. The summed E-state index contributed by atoms with van der Waals surface area (Å²) < 4.78 is 0. The number of hydrogen-bond acceptors (Lipinski definition) is 2. The summed E-state index contributed by atoms with van der Waals surface area (Å²) in [5, 5.41) is 2.15. The molecule has 0 aliphatic heterocycles. The lowest BCUT2D eigenvalue weighted by atomic mass is 9.92. The van der Waals surface area contributed by atoms with E-state index in [1.165, 1.54) is 69.1 Å². The van der Waals surface area contributed by atoms with Crippen LogP contribution in [0.25, 0.3) is 0 Å². The van der Waals surface area contributed by atoms with Crippen molar-refractivity contribution < 1.29 is 0 Å².